The minimum Gasteiger partial charge on any atom is -0.363 e. The third kappa shape index (κ3) is 4.27. The summed E-state index contributed by atoms with van der Waals surface area (Å²) in [5.74, 6) is -3.07. The van der Waals surface area contributed by atoms with E-state index in [-0.39, 0.29) is 23.9 Å². The highest BCUT2D eigenvalue weighted by atomic mass is 19.3. The molecule has 4 aromatic rings. The molecule has 5 nitrogen and oxygen atoms in total. The van der Waals surface area contributed by atoms with Crippen LogP contribution in [-0.2, 0) is 5.54 Å². The normalized spacial score (nSPS) is 18.1. The molecule has 0 spiro atoms. The van der Waals surface area contributed by atoms with Gasteiger partial charge in [-0.3, -0.25) is 4.79 Å². The topological polar surface area (TPSA) is 59.0 Å². The largest absolute Gasteiger partial charge is 0.363 e. The van der Waals surface area contributed by atoms with Crippen LogP contribution in [-0.4, -0.2) is 21.6 Å². The number of alkyl halides is 2. The van der Waals surface area contributed by atoms with Gasteiger partial charge >= 0.3 is 0 Å². The molecule has 0 radical (unpaired) electrons. The molecule has 7 heteroatoms. The number of carbonyl (C=O) groups is 1. The SMILES string of the molecule is CC(C)(NC(=O)c1cnn2c1NC(c1ccccc1)CC2C(C)(F)F)c1cccc2ccccc12. The van der Waals surface area contributed by atoms with Crippen LogP contribution in [0.3, 0.4) is 0 Å². The van der Waals surface area contributed by atoms with Crippen LogP contribution in [0.2, 0.25) is 0 Å². The van der Waals surface area contributed by atoms with Crippen molar-refractivity contribution in [3.63, 3.8) is 0 Å². The fraction of sp³-hybridized carbons (Fsp3) is 0.286. The first-order chi connectivity index (χ1) is 16.6. The first-order valence-electron chi connectivity index (χ1n) is 11.7. The summed E-state index contributed by atoms with van der Waals surface area (Å²) in [6.45, 7) is 4.78. The van der Waals surface area contributed by atoms with Crippen LogP contribution in [0.25, 0.3) is 10.8 Å². The molecule has 0 saturated carbocycles. The highest BCUT2D eigenvalue weighted by Gasteiger charge is 2.43. The Labute approximate surface area is 203 Å². The Kier molecular flexibility index (Phi) is 5.58. The molecule has 2 N–H and O–H groups in total. The summed E-state index contributed by atoms with van der Waals surface area (Å²) in [4.78, 5) is 13.5. The van der Waals surface area contributed by atoms with Gasteiger partial charge in [0.2, 0.25) is 0 Å². The second kappa shape index (κ2) is 8.48. The fourth-order valence-electron chi connectivity index (χ4n) is 4.97. The second-order valence-electron chi connectivity index (χ2n) is 9.77. The summed E-state index contributed by atoms with van der Waals surface area (Å²) in [5, 5.41) is 12.8. The van der Waals surface area contributed by atoms with Crippen molar-refractivity contribution < 1.29 is 13.6 Å². The molecule has 35 heavy (non-hydrogen) atoms. The Hall–Kier alpha value is -3.74. The maximum Gasteiger partial charge on any atom is 0.267 e. The zero-order chi connectivity index (χ0) is 24.8. The maximum atomic E-state index is 14.6. The summed E-state index contributed by atoms with van der Waals surface area (Å²) in [6.07, 6.45) is 1.54. The molecular formula is C28H28F2N4O. The highest BCUT2D eigenvalue weighted by molar-refractivity contribution is 6.00. The number of nitrogens with zero attached hydrogens (tertiary/aromatic N) is 2. The minimum atomic E-state index is -3.01. The van der Waals surface area contributed by atoms with E-state index in [2.05, 4.69) is 15.7 Å². The number of benzene rings is 3. The number of halogens is 2. The van der Waals surface area contributed by atoms with Gasteiger partial charge in [0.05, 0.1) is 17.8 Å². The Morgan fingerprint density at radius 1 is 1.00 bits per heavy atom. The van der Waals surface area contributed by atoms with E-state index < -0.39 is 17.5 Å². The molecule has 5 rings (SSSR count). The van der Waals surface area contributed by atoms with E-state index in [4.69, 9.17) is 0 Å². The molecule has 2 heterocycles. The molecule has 0 aliphatic carbocycles. The highest BCUT2D eigenvalue weighted by Crippen LogP contribution is 2.43. The number of nitrogens with one attached hydrogen (secondary N) is 2. The lowest BCUT2D eigenvalue weighted by molar-refractivity contribution is -0.0437. The number of rotatable bonds is 5. The molecule has 1 amide bonds. The van der Waals surface area contributed by atoms with Crippen molar-refractivity contribution in [1.29, 1.82) is 0 Å². The van der Waals surface area contributed by atoms with Crippen molar-refractivity contribution in [2.45, 2.75) is 50.7 Å². The van der Waals surface area contributed by atoms with Gasteiger partial charge in [-0.05, 0) is 35.7 Å². The average Bonchev–Trinajstić information content (AvgIpc) is 3.27. The van der Waals surface area contributed by atoms with E-state index in [0.717, 1.165) is 28.8 Å². The number of amides is 1. The second-order valence-corrected chi connectivity index (χ2v) is 9.77. The average molecular weight is 475 g/mol. The number of aromatic nitrogens is 2. The first kappa shape index (κ1) is 23.0. The molecule has 180 valence electrons. The predicted molar refractivity (Wildman–Crippen MR) is 134 cm³/mol. The molecule has 0 fully saturated rings. The van der Waals surface area contributed by atoms with E-state index >= 15 is 0 Å². The molecule has 0 bridgehead atoms. The fourth-order valence-corrected chi connectivity index (χ4v) is 4.97. The van der Waals surface area contributed by atoms with Crippen LogP contribution in [0.1, 0.15) is 60.8 Å². The van der Waals surface area contributed by atoms with Gasteiger partial charge in [-0.25, -0.2) is 13.5 Å². The summed E-state index contributed by atoms with van der Waals surface area (Å²) < 4.78 is 30.5. The van der Waals surface area contributed by atoms with E-state index in [1.54, 1.807) is 0 Å². The monoisotopic (exact) mass is 474 g/mol. The Bertz CT molecular complexity index is 1370. The van der Waals surface area contributed by atoms with Crippen molar-refractivity contribution in [2.24, 2.45) is 0 Å². The van der Waals surface area contributed by atoms with E-state index in [1.807, 2.05) is 86.6 Å². The van der Waals surface area contributed by atoms with Crippen molar-refractivity contribution in [1.82, 2.24) is 15.1 Å². The molecule has 1 aliphatic rings. The predicted octanol–water partition coefficient (Wildman–Crippen LogP) is 6.45. The number of fused-ring (bicyclic) bond motifs is 2. The van der Waals surface area contributed by atoms with Crippen molar-refractivity contribution in [2.75, 3.05) is 5.32 Å². The molecule has 3 aromatic carbocycles. The van der Waals surface area contributed by atoms with E-state index in [1.165, 1.54) is 10.9 Å². The van der Waals surface area contributed by atoms with Gasteiger partial charge in [0.1, 0.15) is 17.4 Å². The van der Waals surface area contributed by atoms with Gasteiger partial charge < -0.3 is 10.6 Å². The van der Waals surface area contributed by atoms with E-state index in [0.29, 0.717) is 5.82 Å². The van der Waals surface area contributed by atoms with Crippen LogP contribution < -0.4 is 10.6 Å². The molecule has 1 aromatic heterocycles. The molecule has 2 unspecified atom stereocenters. The minimum absolute atomic E-state index is 0.157. The van der Waals surface area contributed by atoms with Crippen molar-refractivity contribution in [3.8, 4) is 0 Å². The standard InChI is InChI=1S/C28H28F2N4O/c1-27(2,22-15-9-13-18-10-7-8-14-20(18)22)33-26(35)21-17-31-34-24(28(3,29)30)16-23(32-25(21)34)19-11-5-4-6-12-19/h4-15,17,23-24,32H,16H2,1-3H3,(H,33,35). The summed E-state index contributed by atoms with van der Waals surface area (Å²) in [5.41, 5.74) is 1.39. The molecule has 0 saturated heterocycles. The smallest absolute Gasteiger partial charge is 0.267 e. The van der Waals surface area contributed by atoms with Crippen LogP contribution in [0.4, 0.5) is 14.6 Å². The lowest BCUT2D eigenvalue weighted by Crippen LogP contribution is -2.42. The summed E-state index contributed by atoms with van der Waals surface area (Å²) in [7, 11) is 0. The van der Waals surface area contributed by atoms with Gasteiger partial charge in [0, 0.05) is 13.3 Å². The number of anilines is 1. The van der Waals surface area contributed by atoms with Gasteiger partial charge in [-0.15, -0.1) is 0 Å². The Balaban J connectivity index is 1.50. The zero-order valence-corrected chi connectivity index (χ0v) is 19.9. The lowest BCUT2D eigenvalue weighted by Gasteiger charge is -2.36. The molecule has 2 atom stereocenters. The Morgan fingerprint density at radius 3 is 2.43 bits per heavy atom. The van der Waals surface area contributed by atoms with Crippen LogP contribution >= 0.6 is 0 Å². The van der Waals surface area contributed by atoms with E-state index in [9.17, 15) is 13.6 Å². The molecular weight excluding hydrogens is 446 g/mol. The third-order valence-electron chi connectivity index (χ3n) is 6.78. The lowest BCUT2D eigenvalue weighted by atomic mass is 9.89. The van der Waals surface area contributed by atoms with Gasteiger partial charge in [0.15, 0.2) is 0 Å². The van der Waals surface area contributed by atoms with Crippen LogP contribution in [0.15, 0.2) is 79.0 Å². The van der Waals surface area contributed by atoms with Gasteiger partial charge in [-0.2, -0.15) is 5.10 Å². The summed E-state index contributed by atoms with van der Waals surface area (Å²) in [6, 6.07) is 21.9. The zero-order valence-electron chi connectivity index (χ0n) is 19.9. The third-order valence-corrected chi connectivity index (χ3v) is 6.78. The van der Waals surface area contributed by atoms with Gasteiger partial charge in [-0.1, -0.05) is 72.8 Å². The summed E-state index contributed by atoms with van der Waals surface area (Å²) >= 11 is 0. The quantitative estimate of drug-likeness (QED) is 0.349. The first-order valence-corrected chi connectivity index (χ1v) is 11.7. The van der Waals surface area contributed by atoms with Crippen molar-refractivity contribution >= 4 is 22.5 Å². The maximum absolute atomic E-state index is 14.6. The van der Waals surface area contributed by atoms with Crippen LogP contribution in [0.5, 0.6) is 0 Å². The number of hydrogen-bond donors (Lipinski definition) is 2. The van der Waals surface area contributed by atoms with Crippen LogP contribution in [0, 0.1) is 0 Å². The van der Waals surface area contributed by atoms with Crippen molar-refractivity contribution in [3.05, 3.63) is 95.7 Å². The Morgan fingerprint density at radius 2 is 1.69 bits per heavy atom. The number of carbonyl (C=O) groups excluding carboxylic acids is 1. The molecule has 1 aliphatic heterocycles. The van der Waals surface area contributed by atoms with Gasteiger partial charge in [0.25, 0.3) is 11.8 Å². The number of hydrogen-bond acceptors (Lipinski definition) is 3.